The van der Waals surface area contributed by atoms with Crippen molar-refractivity contribution in [3.05, 3.63) is 57.6 Å². The molecule has 0 saturated carbocycles. The molecule has 0 fully saturated rings. The van der Waals surface area contributed by atoms with Gasteiger partial charge in [0.25, 0.3) is 5.69 Å². The zero-order valence-corrected chi connectivity index (χ0v) is 15.7. The zero-order chi connectivity index (χ0) is 19.4. The summed E-state index contributed by atoms with van der Waals surface area (Å²) >= 11 is 7.12. The minimum Gasteiger partial charge on any atom is -0.384 e. The molecule has 27 heavy (non-hydrogen) atoms. The van der Waals surface area contributed by atoms with Gasteiger partial charge in [-0.25, -0.2) is 14.4 Å². The molecule has 0 aliphatic carbocycles. The first-order valence-electron chi connectivity index (χ1n) is 7.76. The minimum atomic E-state index is -0.539. The van der Waals surface area contributed by atoms with Gasteiger partial charge in [-0.3, -0.25) is 10.1 Å². The lowest BCUT2D eigenvalue weighted by Crippen LogP contribution is -1.99. The van der Waals surface area contributed by atoms with Crippen LogP contribution in [0, 0.1) is 15.9 Å². The van der Waals surface area contributed by atoms with E-state index in [9.17, 15) is 14.5 Å². The Morgan fingerprint density at radius 2 is 2.15 bits per heavy atom. The number of fused-ring (bicyclic) bond motifs is 1. The highest BCUT2D eigenvalue weighted by atomic mass is 35.5. The Bertz CT molecular complexity index is 1010. The van der Waals surface area contributed by atoms with Crippen molar-refractivity contribution in [3.63, 3.8) is 0 Å². The second-order valence-electron chi connectivity index (χ2n) is 5.41. The van der Waals surface area contributed by atoms with E-state index in [0.29, 0.717) is 39.7 Å². The summed E-state index contributed by atoms with van der Waals surface area (Å²) in [6.45, 7) is 0.474. The first kappa shape index (κ1) is 19.3. The van der Waals surface area contributed by atoms with E-state index in [-0.39, 0.29) is 10.7 Å². The smallest absolute Gasteiger partial charge is 0.283 e. The standard InChI is InChI=1S/C17H14ClFN4O3S/c1-26-4-5-27-16-8-14-11(7-15(16)23(24)25)17(21-9-20-14)22-10-2-3-13(19)12(18)6-10/h2-3,6-9H,4-5H2,1H3,(H,20,21,22). The molecule has 2 aromatic carbocycles. The van der Waals surface area contributed by atoms with Crippen LogP contribution in [0.2, 0.25) is 5.02 Å². The molecule has 1 aromatic heterocycles. The number of methoxy groups -OCH3 is 1. The Kier molecular flexibility index (Phi) is 6.04. The van der Waals surface area contributed by atoms with E-state index in [2.05, 4.69) is 15.3 Å². The molecule has 0 atom stereocenters. The average molecular weight is 409 g/mol. The fraction of sp³-hybridized carbons (Fsp3) is 0.176. The van der Waals surface area contributed by atoms with E-state index in [1.807, 2.05) is 0 Å². The number of nitrogens with zero attached hydrogens (tertiary/aromatic N) is 3. The summed E-state index contributed by atoms with van der Waals surface area (Å²) in [4.78, 5) is 19.9. The van der Waals surface area contributed by atoms with Crippen molar-refractivity contribution in [1.82, 2.24) is 9.97 Å². The van der Waals surface area contributed by atoms with Crippen molar-refractivity contribution in [3.8, 4) is 0 Å². The van der Waals surface area contributed by atoms with Crippen molar-refractivity contribution in [2.24, 2.45) is 0 Å². The topological polar surface area (TPSA) is 90.2 Å². The number of nitrogens with one attached hydrogen (secondary N) is 1. The van der Waals surface area contributed by atoms with Gasteiger partial charge >= 0.3 is 0 Å². The average Bonchev–Trinajstić information content (AvgIpc) is 2.64. The van der Waals surface area contributed by atoms with E-state index in [4.69, 9.17) is 16.3 Å². The number of ether oxygens (including phenoxy) is 1. The second kappa shape index (κ2) is 8.47. The Hall–Kier alpha value is -2.49. The maximum Gasteiger partial charge on any atom is 0.283 e. The van der Waals surface area contributed by atoms with Crippen molar-refractivity contribution >= 4 is 51.5 Å². The number of aromatic nitrogens is 2. The lowest BCUT2D eigenvalue weighted by molar-refractivity contribution is -0.387. The summed E-state index contributed by atoms with van der Waals surface area (Å²) in [5, 5.41) is 14.9. The highest BCUT2D eigenvalue weighted by molar-refractivity contribution is 7.99. The molecule has 0 aliphatic heterocycles. The van der Waals surface area contributed by atoms with Gasteiger partial charge in [-0.05, 0) is 24.3 Å². The van der Waals surface area contributed by atoms with Gasteiger partial charge in [-0.1, -0.05) is 11.6 Å². The number of nitro groups is 1. The molecule has 0 saturated heterocycles. The number of benzene rings is 2. The fourth-order valence-electron chi connectivity index (χ4n) is 2.38. The molecule has 1 N–H and O–H groups in total. The van der Waals surface area contributed by atoms with Gasteiger partial charge in [0.15, 0.2) is 0 Å². The highest BCUT2D eigenvalue weighted by Gasteiger charge is 2.18. The molecule has 0 amide bonds. The Morgan fingerprint density at radius 1 is 1.33 bits per heavy atom. The summed E-state index contributed by atoms with van der Waals surface area (Å²) < 4.78 is 18.3. The van der Waals surface area contributed by atoms with Crippen LogP contribution in [0.5, 0.6) is 0 Å². The number of halogens is 2. The minimum absolute atomic E-state index is 0.0406. The number of nitro benzene ring substituents is 1. The Labute approximate surface area is 163 Å². The first-order valence-corrected chi connectivity index (χ1v) is 9.13. The lowest BCUT2D eigenvalue weighted by atomic mass is 10.2. The van der Waals surface area contributed by atoms with Crippen LogP contribution in [0.3, 0.4) is 0 Å². The van der Waals surface area contributed by atoms with Gasteiger partial charge in [0, 0.05) is 30.0 Å². The third kappa shape index (κ3) is 4.44. The van der Waals surface area contributed by atoms with E-state index >= 15 is 0 Å². The van der Waals surface area contributed by atoms with Crippen molar-refractivity contribution in [1.29, 1.82) is 0 Å². The monoisotopic (exact) mass is 408 g/mol. The molecule has 1 heterocycles. The number of thioether (sulfide) groups is 1. The third-order valence-corrected chi connectivity index (χ3v) is 4.94. The van der Waals surface area contributed by atoms with Crippen LogP contribution in [0.1, 0.15) is 0 Å². The third-order valence-electron chi connectivity index (χ3n) is 3.64. The van der Waals surface area contributed by atoms with Crippen LogP contribution in [0.25, 0.3) is 10.9 Å². The number of anilines is 2. The molecule has 3 rings (SSSR count). The van der Waals surface area contributed by atoms with Crippen molar-refractivity contribution in [2.45, 2.75) is 4.90 Å². The first-order chi connectivity index (χ1) is 13.0. The van der Waals surface area contributed by atoms with Crippen LogP contribution in [0.15, 0.2) is 41.6 Å². The van der Waals surface area contributed by atoms with E-state index in [1.54, 1.807) is 13.2 Å². The fourth-order valence-corrected chi connectivity index (χ4v) is 3.50. The van der Waals surface area contributed by atoms with E-state index in [1.165, 1.54) is 42.4 Å². The number of rotatable bonds is 7. The summed E-state index contributed by atoms with van der Waals surface area (Å²) in [6, 6.07) is 7.21. The lowest BCUT2D eigenvalue weighted by Gasteiger charge is -2.10. The second-order valence-corrected chi connectivity index (χ2v) is 6.96. The number of hydrogen-bond acceptors (Lipinski definition) is 7. The van der Waals surface area contributed by atoms with Gasteiger partial charge < -0.3 is 10.1 Å². The summed E-state index contributed by atoms with van der Waals surface area (Å²) in [5.74, 6) is 0.398. The number of hydrogen-bond donors (Lipinski definition) is 1. The van der Waals surface area contributed by atoms with Gasteiger partial charge in [-0.2, -0.15) is 0 Å². The van der Waals surface area contributed by atoms with Crippen LogP contribution in [-0.2, 0) is 4.74 Å². The van der Waals surface area contributed by atoms with Crippen LogP contribution >= 0.6 is 23.4 Å². The van der Waals surface area contributed by atoms with Crippen molar-refractivity contribution in [2.75, 3.05) is 24.8 Å². The van der Waals surface area contributed by atoms with Gasteiger partial charge in [0.2, 0.25) is 0 Å². The SMILES string of the molecule is COCCSc1cc2ncnc(Nc3ccc(F)c(Cl)c3)c2cc1[N+](=O)[O-]. The quantitative estimate of drug-likeness (QED) is 0.259. The normalized spacial score (nSPS) is 10.9. The molecule has 3 aromatic rings. The summed E-state index contributed by atoms with van der Waals surface area (Å²) in [5.41, 5.74) is 1.01. The summed E-state index contributed by atoms with van der Waals surface area (Å²) in [7, 11) is 1.57. The molecule has 10 heteroatoms. The van der Waals surface area contributed by atoms with Crippen LogP contribution < -0.4 is 5.32 Å². The molecule has 7 nitrogen and oxygen atoms in total. The summed E-state index contributed by atoms with van der Waals surface area (Å²) in [6.07, 6.45) is 1.35. The predicted molar refractivity (Wildman–Crippen MR) is 103 cm³/mol. The maximum absolute atomic E-state index is 13.3. The van der Waals surface area contributed by atoms with E-state index in [0.717, 1.165) is 0 Å². The molecule has 0 aliphatic rings. The van der Waals surface area contributed by atoms with Crippen LogP contribution in [0.4, 0.5) is 21.6 Å². The molecule has 0 unspecified atom stereocenters. The predicted octanol–water partition coefficient (Wildman–Crippen LogP) is 4.81. The van der Waals surface area contributed by atoms with Gasteiger partial charge in [-0.15, -0.1) is 11.8 Å². The van der Waals surface area contributed by atoms with Crippen LogP contribution in [-0.4, -0.2) is 34.4 Å². The Morgan fingerprint density at radius 3 is 2.85 bits per heavy atom. The Balaban J connectivity index is 2.02. The molecular weight excluding hydrogens is 395 g/mol. The highest BCUT2D eigenvalue weighted by Crippen LogP contribution is 2.35. The molecule has 0 spiro atoms. The maximum atomic E-state index is 13.3. The molecular formula is C17H14ClFN4O3S. The van der Waals surface area contributed by atoms with E-state index < -0.39 is 10.7 Å². The molecule has 140 valence electrons. The largest absolute Gasteiger partial charge is 0.384 e. The zero-order valence-electron chi connectivity index (χ0n) is 14.1. The van der Waals surface area contributed by atoms with Gasteiger partial charge in [0.1, 0.15) is 18.0 Å². The molecule has 0 bridgehead atoms. The van der Waals surface area contributed by atoms with Crippen molar-refractivity contribution < 1.29 is 14.1 Å². The van der Waals surface area contributed by atoms with Gasteiger partial charge in [0.05, 0.1) is 27.0 Å². The molecule has 0 radical (unpaired) electrons.